The van der Waals surface area contributed by atoms with Crippen molar-refractivity contribution in [3.63, 3.8) is 0 Å². The molecule has 1 aliphatic heterocycles. The smallest absolute Gasteiger partial charge is 0.356 e. The fraction of sp³-hybridized carbons (Fsp3) is 0.923. The highest BCUT2D eigenvalue weighted by Crippen LogP contribution is 2.24. The number of piperidine rings is 1. The summed E-state index contributed by atoms with van der Waals surface area (Å²) >= 11 is 0. The van der Waals surface area contributed by atoms with Gasteiger partial charge in [0.25, 0.3) is 0 Å². The lowest BCUT2D eigenvalue weighted by Gasteiger charge is -2.36. The Balaban J connectivity index is 2.29. The molecule has 19 heavy (non-hydrogen) atoms. The summed E-state index contributed by atoms with van der Waals surface area (Å²) in [4.78, 5) is 12.9. The van der Waals surface area contributed by atoms with Crippen LogP contribution in [0.5, 0.6) is 0 Å². The van der Waals surface area contributed by atoms with Crippen LogP contribution in [0, 0.1) is 0 Å². The van der Waals surface area contributed by atoms with Crippen molar-refractivity contribution in [3.8, 4) is 0 Å². The molecular formula is C13H23F3N2O. The molecule has 1 N–H and O–H groups in total. The van der Waals surface area contributed by atoms with E-state index in [4.69, 9.17) is 0 Å². The van der Waals surface area contributed by atoms with E-state index < -0.39 is 12.6 Å². The number of nitrogens with one attached hydrogen (secondary N) is 1. The van der Waals surface area contributed by atoms with Gasteiger partial charge in [-0.05, 0) is 38.8 Å². The Morgan fingerprint density at radius 2 is 2.11 bits per heavy atom. The van der Waals surface area contributed by atoms with Crippen LogP contribution in [-0.2, 0) is 4.79 Å². The van der Waals surface area contributed by atoms with Gasteiger partial charge in [-0.2, -0.15) is 13.2 Å². The number of amides is 1. The quantitative estimate of drug-likeness (QED) is 0.811. The van der Waals surface area contributed by atoms with Crippen LogP contribution in [0.25, 0.3) is 0 Å². The Kier molecular flexibility index (Phi) is 6.62. The summed E-state index contributed by atoms with van der Waals surface area (Å²) in [7, 11) is 0. The van der Waals surface area contributed by atoms with Gasteiger partial charge in [0.1, 0.15) is 0 Å². The maximum atomic E-state index is 12.1. The highest BCUT2D eigenvalue weighted by Gasteiger charge is 2.28. The normalized spacial score (nSPS) is 21.4. The van der Waals surface area contributed by atoms with Crippen molar-refractivity contribution < 1.29 is 18.0 Å². The molecule has 112 valence electrons. The van der Waals surface area contributed by atoms with E-state index in [1.807, 2.05) is 0 Å². The molecule has 0 saturated carbocycles. The molecule has 1 aliphatic rings. The Morgan fingerprint density at radius 1 is 1.37 bits per heavy atom. The number of halogens is 3. The molecule has 6 heteroatoms. The Labute approximate surface area is 112 Å². The van der Waals surface area contributed by atoms with Crippen LogP contribution >= 0.6 is 0 Å². The molecule has 1 heterocycles. The van der Waals surface area contributed by atoms with Gasteiger partial charge in [0, 0.05) is 25.9 Å². The van der Waals surface area contributed by atoms with E-state index in [0.717, 1.165) is 32.2 Å². The van der Waals surface area contributed by atoms with E-state index in [2.05, 4.69) is 10.2 Å². The molecule has 0 aromatic rings. The molecule has 0 spiro atoms. The van der Waals surface area contributed by atoms with Crippen LogP contribution < -0.4 is 5.32 Å². The number of carbonyl (C=O) groups is 1. The van der Waals surface area contributed by atoms with Gasteiger partial charge in [0.2, 0.25) is 5.91 Å². The van der Waals surface area contributed by atoms with Gasteiger partial charge in [-0.1, -0.05) is 6.42 Å². The molecule has 0 aromatic carbocycles. The lowest BCUT2D eigenvalue weighted by atomic mass is 9.99. The monoisotopic (exact) mass is 280 g/mol. The van der Waals surface area contributed by atoms with Gasteiger partial charge in [-0.15, -0.1) is 0 Å². The first-order valence-electron chi connectivity index (χ1n) is 6.94. The maximum Gasteiger partial charge on any atom is 0.389 e. The third kappa shape index (κ3) is 7.40. The first-order valence-corrected chi connectivity index (χ1v) is 6.94. The summed E-state index contributed by atoms with van der Waals surface area (Å²) in [5, 5.41) is 2.75. The third-order valence-corrected chi connectivity index (χ3v) is 3.51. The number of hydrogen-bond acceptors (Lipinski definition) is 2. The molecule has 1 fully saturated rings. The van der Waals surface area contributed by atoms with Crippen LogP contribution in [0.3, 0.4) is 0 Å². The highest BCUT2D eigenvalue weighted by molar-refractivity contribution is 5.72. The van der Waals surface area contributed by atoms with Crippen molar-refractivity contribution in [2.45, 2.75) is 57.7 Å². The topological polar surface area (TPSA) is 32.3 Å². The molecule has 1 unspecified atom stereocenters. The van der Waals surface area contributed by atoms with E-state index in [0.29, 0.717) is 19.1 Å². The summed E-state index contributed by atoms with van der Waals surface area (Å²) in [6.45, 7) is 3.46. The summed E-state index contributed by atoms with van der Waals surface area (Å²) in [6, 6.07) is 0.314. The molecular weight excluding hydrogens is 257 g/mol. The molecule has 3 nitrogen and oxygen atoms in total. The lowest BCUT2D eigenvalue weighted by Crippen LogP contribution is -2.42. The minimum Gasteiger partial charge on any atom is -0.356 e. The van der Waals surface area contributed by atoms with Crippen LogP contribution in [0.2, 0.25) is 0 Å². The molecule has 1 amide bonds. The molecule has 0 aromatic heterocycles. The molecule has 0 aliphatic carbocycles. The standard InChI is InChI=1S/C13H23F3N2O/c1-11(19)17-8-6-12-5-2-3-9-18(12)10-4-7-13(14,15)16/h12H,2-10H2,1H3,(H,17,19). The lowest BCUT2D eigenvalue weighted by molar-refractivity contribution is -0.136. The van der Waals surface area contributed by atoms with Crippen LogP contribution in [0.1, 0.15) is 45.4 Å². The van der Waals surface area contributed by atoms with Crippen LogP contribution in [0.15, 0.2) is 0 Å². The Morgan fingerprint density at radius 3 is 2.74 bits per heavy atom. The van der Waals surface area contributed by atoms with E-state index in [1.54, 1.807) is 0 Å². The fourth-order valence-electron chi connectivity index (χ4n) is 2.58. The van der Waals surface area contributed by atoms with Crippen LogP contribution in [-0.4, -0.2) is 42.7 Å². The number of rotatable bonds is 6. The Hall–Kier alpha value is -0.780. The van der Waals surface area contributed by atoms with Gasteiger partial charge in [-0.25, -0.2) is 0 Å². The second-order valence-corrected chi connectivity index (χ2v) is 5.18. The molecule has 1 atom stereocenters. The van der Waals surface area contributed by atoms with Crippen molar-refractivity contribution in [3.05, 3.63) is 0 Å². The second kappa shape index (κ2) is 7.72. The van der Waals surface area contributed by atoms with E-state index in [-0.39, 0.29) is 12.3 Å². The largest absolute Gasteiger partial charge is 0.389 e. The van der Waals surface area contributed by atoms with Gasteiger partial charge < -0.3 is 10.2 Å². The molecule has 1 rings (SSSR count). The van der Waals surface area contributed by atoms with Crippen molar-refractivity contribution in [1.29, 1.82) is 0 Å². The maximum absolute atomic E-state index is 12.1. The minimum atomic E-state index is -4.05. The number of hydrogen-bond donors (Lipinski definition) is 1. The fourth-order valence-corrected chi connectivity index (χ4v) is 2.58. The second-order valence-electron chi connectivity index (χ2n) is 5.18. The highest BCUT2D eigenvalue weighted by atomic mass is 19.4. The molecule has 1 saturated heterocycles. The first kappa shape index (κ1) is 16.3. The van der Waals surface area contributed by atoms with E-state index in [1.165, 1.54) is 6.92 Å². The molecule has 0 radical (unpaired) electrons. The summed E-state index contributed by atoms with van der Waals surface area (Å²) < 4.78 is 36.4. The summed E-state index contributed by atoms with van der Waals surface area (Å²) in [6.07, 6.45) is -0.566. The van der Waals surface area contributed by atoms with Gasteiger partial charge in [0.15, 0.2) is 0 Å². The predicted octanol–water partition coefficient (Wildman–Crippen LogP) is 2.71. The number of likely N-dealkylation sites (tertiary alicyclic amines) is 1. The summed E-state index contributed by atoms with van der Waals surface area (Å²) in [5.41, 5.74) is 0. The van der Waals surface area contributed by atoms with E-state index in [9.17, 15) is 18.0 Å². The third-order valence-electron chi connectivity index (χ3n) is 3.51. The summed E-state index contributed by atoms with van der Waals surface area (Å²) in [5.74, 6) is -0.0561. The number of alkyl halides is 3. The van der Waals surface area contributed by atoms with Crippen molar-refractivity contribution in [2.24, 2.45) is 0 Å². The van der Waals surface area contributed by atoms with Crippen molar-refractivity contribution >= 4 is 5.91 Å². The zero-order valence-electron chi connectivity index (χ0n) is 11.4. The Bertz CT molecular complexity index is 282. The van der Waals surface area contributed by atoms with Crippen molar-refractivity contribution in [2.75, 3.05) is 19.6 Å². The number of carbonyl (C=O) groups excluding carboxylic acids is 1. The van der Waals surface area contributed by atoms with Gasteiger partial charge in [0.05, 0.1) is 0 Å². The predicted molar refractivity (Wildman–Crippen MR) is 67.8 cm³/mol. The van der Waals surface area contributed by atoms with Gasteiger partial charge >= 0.3 is 6.18 Å². The minimum absolute atomic E-state index is 0.0561. The average molecular weight is 280 g/mol. The van der Waals surface area contributed by atoms with Crippen molar-refractivity contribution in [1.82, 2.24) is 10.2 Å². The average Bonchev–Trinajstić information content (AvgIpc) is 2.29. The van der Waals surface area contributed by atoms with Crippen LogP contribution in [0.4, 0.5) is 13.2 Å². The number of nitrogens with zero attached hydrogens (tertiary/aromatic N) is 1. The zero-order valence-corrected chi connectivity index (χ0v) is 11.4. The molecule has 0 bridgehead atoms. The SMILES string of the molecule is CC(=O)NCCC1CCCCN1CCCC(F)(F)F. The van der Waals surface area contributed by atoms with Gasteiger partial charge in [-0.3, -0.25) is 4.79 Å². The van der Waals surface area contributed by atoms with E-state index >= 15 is 0 Å². The first-order chi connectivity index (χ1) is 8.88. The zero-order chi connectivity index (χ0) is 14.3.